The number of hydrogen-bond donors (Lipinski definition) is 3. The van der Waals surface area contributed by atoms with E-state index in [0.717, 1.165) is 16.5 Å². The van der Waals surface area contributed by atoms with Crippen LogP contribution in [0.15, 0.2) is 21.9 Å². The molecule has 2 aromatic rings. The summed E-state index contributed by atoms with van der Waals surface area (Å²) in [7, 11) is 0. The lowest BCUT2D eigenvalue weighted by Crippen LogP contribution is -2.44. The van der Waals surface area contributed by atoms with Crippen molar-refractivity contribution in [1.29, 1.82) is 0 Å². The number of amides is 2. The lowest BCUT2D eigenvalue weighted by Gasteiger charge is -2.22. The molecule has 0 spiro atoms. The van der Waals surface area contributed by atoms with Crippen molar-refractivity contribution in [2.75, 3.05) is 6.54 Å². The number of thiazole rings is 1. The molecule has 2 heterocycles. The van der Waals surface area contributed by atoms with Crippen LogP contribution in [-0.4, -0.2) is 22.7 Å². The van der Waals surface area contributed by atoms with E-state index < -0.39 is 5.60 Å². The zero-order chi connectivity index (χ0) is 17.3. The van der Waals surface area contributed by atoms with Gasteiger partial charge in [-0.3, -0.25) is 0 Å². The maximum Gasteiger partial charge on any atom is 0.315 e. The molecule has 6 nitrogen and oxygen atoms in total. The van der Waals surface area contributed by atoms with Crippen LogP contribution >= 0.6 is 11.3 Å². The lowest BCUT2D eigenvalue weighted by atomic mass is 10.0. The molecule has 2 aromatic heterocycles. The summed E-state index contributed by atoms with van der Waals surface area (Å²) >= 11 is 1.66. The third kappa shape index (κ3) is 3.96. The average molecular weight is 349 g/mol. The minimum atomic E-state index is -1.26. The topological polar surface area (TPSA) is 87.4 Å². The largest absolute Gasteiger partial charge is 0.463 e. The van der Waals surface area contributed by atoms with Gasteiger partial charge in [-0.2, -0.15) is 0 Å². The van der Waals surface area contributed by atoms with Gasteiger partial charge in [0.25, 0.3) is 0 Å². The fraction of sp³-hybridized carbons (Fsp3) is 0.529. The van der Waals surface area contributed by atoms with E-state index in [1.165, 1.54) is 12.8 Å². The van der Waals surface area contributed by atoms with Gasteiger partial charge in [0, 0.05) is 11.3 Å². The molecule has 0 bridgehead atoms. The second-order valence-electron chi connectivity index (χ2n) is 6.62. The van der Waals surface area contributed by atoms with Crippen LogP contribution in [0.5, 0.6) is 0 Å². The Morgan fingerprint density at radius 2 is 2.29 bits per heavy atom. The summed E-state index contributed by atoms with van der Waals surface area (Å²) in [5.74, 6) is 1.77. The molecule has 0 aliphatic heterocycles. The van der Waals surface area contributed by atoms with Crippen molar-refractivity contribution in [2.24, 2.45) is 0 Å². The van der Waals surface area contributed by atoms with E-state index in [-0.39, 0.29) is 18.6 Å². The normalized spacial score (nSPS) is 18.0. The van der Waals surface area contributed by atoms with E-state index >= 15 is 0 Å². The number of aliphatic hydroxyl groups is 1. The summed E-state index contributed by atoms with van der Waals surface area (Å²) in [5, 5.41) is 19.1. The standard InChI is InChI=1S/C17H23N3O3S/c1-10-4-7-14(23-10)17(3,22)9-18-16(21)19-11(2)13-8-24-15(20-13)12-5-6-12/h4,7-8,11-12,22H,5-6,9H2,1-3H3,(H2,18,19,21). The van der Waals surface area contributed by atoms with Gasteiger partial charge >= 0.3 is 6.03 Å². The predicted octanol–water partition coefficient (Wildman–Crippen LogP) is 3.19. The number of aromatic nitrogens is 1. The third-order valence-electron chi connectivity index (χ3n) is 4.12. The first kappa shape index (κ1) is 17.0. The van der Waals surface area contributed by atoms with Crippen molar-refractivity contribution in [3.8, 4) is 0 Å². The van der Waals surface area contributed by atoms with E-state index in [2.05, 4.69) is 15.6 Å². The van der Waals surface area contributed by atoms with E-state index in [4.69, 9.17) is 4.42 Å². The second kappa shape index (κ2) is 6.57. The third-order valence-corrected chi connectivity index (χ3v) is 5.15. The summed E-state index contributed by atoms with van der Waals surface area (Å²) in [5.41, 5.74) is -0.375. The molecular formula is C17H23N3O3S. The van der Waals surface area contributed by atoms with Crippen molar-refractivity contribution >= 4 is 17.4 Å². The number of aryl methyl sites for hydroxylation is 1. The minimum absolute atomic E-state index is 0.0584. The van der Waals surface area contributed by atoms with Crippen molar-refractivity contribution in [3.05, 3.63) is 39.7 Å². The summed E-state index contributed by atoms with van der Waals surface area (Å²) in [6.45, 7) is 5.38. The fourth-order valence-corrected chi connectivity index (χ4v) is 3.49. The molecule has 0 aromatic carbocycles. The highest BCUT2D eigenvalue weighted by Gasteiger charge is 2.29. The maximum atomic E-state index is 12.1. The number of hydrogen-bond acceptors (Lipinski definition) is 5. The van der Waals surface area contributed by atoms with E-state index in [0.29, 0.717) is 11.7 Å². The summed E-state index contributed by atoms with van der Waals surface area (Å²) in [6, 6.07) is 2.98. The number of carbonyl (C=O) groups excluding carboxylic acids is 1. The molecule has 1 aliphatic carbocycles. The number of nitrogens with zero attached hydrogens (tertiary/aromatic N) is 1. The zero-order valence-electron chi connectivity index (χ0n) is 14.1. The number of carbonyl (C=O) groups is 1. The first-order valence-electron chi connectivity index (χ1n) is 8.14. The predicted molar refractivity (Wildman–Crippen MR) is 92.1 cm³/mol. The van der Waals surface area contributed by atoms with Crippen molar-refractivity contribution in [2.45, 2.75) is 51.2 Å². The highest BCUT2D eigenvalue weighted by Crippen LogP contribution is 2.41. The van der Waals surface area contributed by atoms with Crippen molar-refractivity contribution < 1.29 is 14.3 Å². The van der Waals surface area contributed by atoms with Gasteiger partial charge in [0.2, 0.25) is 0 Å². The Bertz CT molecular complexity index is 718. The quantitative estimate of drug-likeness (QED) is 0.747. The monoisotopic (exact) mass is 349 g/mol. The average Bonchev–Trinajstić information content (AvgIpc) is 3.08. The molecule has 1 aliphatic rings. The Labute approximate surface area is 145 Å². The van der Waals surface area contributed by atoms with Crippen LogP contribution in [0, 0.1) is 6.92 Å². The van der Waals surface area contributed by atoms with Crippen LogP contribution in [0.4, 0.5) is 4.79 Å². The molecule has 3 N–H and O–H groups in total. The maximum absolute atomic E-state index is 12.1. The van der Waals surface area contributed by atoms with Gasteiger partial charge in [-0.15, -0.1) is 11.3 Å². The first-order chi connectivity index (χ1) is 11.3. The number of furan rings is 1. The van der Waals surface area contributed by atoms with Gasteiger partial charge in [0.05, 0.1) is 23.3 Å². The van der Waals surface area contributed by atoms with Crippen molar-refractivity contribution in [3.63, 3.8) is 0 Å². The van der Waals surface area contributed by atoms with Crippen LogP contribution < -0.4 is 10.6 Å². The van der Waals surface area contributed by atoms with Crippen LogP contribution in [0.1, 0.15) is 60.9 Å². The lowest BCUT2D eigenvalue weighted by molar-refractivity contribution is 0.0359. The number of rotatable bonds is 6. The van der Waals surface area contributed by atoms with Crippen LogP contribution in [0.2, 0.25) is 0 Å². The van der Waals surface area contributed by atoms with Crippen LogP contribution in [0.3, 0.4) is 0 Å². The SMILES string of the molecule is Cc1ccc(C(C)(O)CNC(=O)NC(C)c2csc(C3CC3)n2)o1. The smallest absolute Gasteiger partial charge is 0.315 e. The Balaban J connectivity index is 1.51. The molecule has 3 rings (SSSR count). The highest BCUT2D eigenvalue weighted by atomic mass is 32.1. The molecule has 2 unspecified atom stereocenters. The highest BCUT2D eigenvalue weighted by molar-refractivity contribution is 7.09. The Kier molecular flexibility index (Phi) is 4.64. The Hall–Kier alpha value is -1.86. The van der Waals surface area contributed by atoms with Gasteiger partial charge < -0.3 is 20.2 Å². The van der Waals surface area contributed by atoms with Crippen LogP contribution in [-0.2, 0) is 5.60 Å². The molecule has 0 radical (unpaired) electrons. The van der Waals surface area contributed by atoms with Gasteiger partial charge in [-0.05, 0) is 45.7 Å². The minimum Gasteiger partial charge on any atom is -0.463 e. The molecule has 2 atom stereocenters. The Morgan fingerprint density at radius 3 is 2.92 bits per heavy atom. The summed E-state index contributed by atoms with van der Waals surface area (Å²) < 4.78 is 5.43. The van der Waals surface area contributed by atoms with Gasteiger partial charge in [-0.25, -0.2) is 9.78 Å². The van der Waals surface area contributed by atoms with Crippen LogP contribution in [0.25, 0.3) is 0 Å². The molecule has 0 saturated heterocycles. The molecule has 130 valence electrons. The molecule has 1 fully saturated rings. The van der Waals surface area contributed by atoms with E-state index in [1.807, 2.05) is 19.2 Å². The first-order valence-corrected chi connectivity index (χ1v) is 9.02. The van der Waals surface area contributed by atoms with E-state index in [9.17, 15) is 9.90 Å². The zero-order valence-corrected chi connectivity index (χ0v) is 14.9. The Morgan fingerprint density at radius 1 is 1.54 bits per heavy atom. The van der Waals surface area contributed by atoms with Gasteiger partial charge in [-0.1, -0.05) is 0 Å². The van der Waals surface area contributed by atoms with Gasteiger partial charge in [0.1, 0.15) is 17.1 Å². The number of nitrogens with one attached hydrogen (secondary N) is 2. The molecule has 24 heavy (non-hydrogen) atoms. The van der Waals surface area contributed by atoms with Gasteiger partial charge in [0.15, 0.2) is 0 Å². The molecular weight excluding hydrogens is 326 g/mol. The molecule has 1 saturated carbocycles. The van der Waals surface area contributed by atoms with E-state index in [1.54, 1.807) is 30.4 Å². The summed E-state index contributed by atoms with van der Waals surface area (Å²) in [4.78, 5) is 16.7. The van der Waals surface area contributed by atoms with Crippen molar-refractivity contribution in [1.82, 2.24) is 15.6 Å². The number of urea groups is 1. The molecule has 2 amide bonds. The second-order valence-corrected chi connectivity index (χ2v) is 7.51. The fourth-order valence-electron chi connectivity index (χ4n) is 2.40. The molecule has 7 heteroatoms. The summed E-state index contributed by atoms with van der Waals surface area (Å²) in [6.07, 6.45) is 2.44.